The molecule has 7 nitrogen and oxygen atoms in total. The van der Waals surface area contributed by atoms with Gasteiger partial charge in [0.2, 0.25) is 0 Å². The number of imidazole rings is 1. The van der Waals surface area contributed by atoms with E-state index in [1.807, 2.05) is 0 Å². The molecule has 1 aliphatic rings. The zero-order valence-corrected chi connectivity index (χ0v) is 11.4. The van der Waals surface area contributed by atoms with Gasteiger partial charge in [-0.15, -0.1) is 0 Å². The van der Waals surface area contributed by atoms with Crippen molar-refractivity contribution in [3.8, 4) is 0 Å². The molecule has 2 aromatic heterocycles. The van der Waals surface area contributed by atoms with Crippen molar-refractivity contribution in [3.63, 3.8) is 0 Å². The van der Waals surface area contributed by atoms with Crippen LogP contribution in [0.4, 0.5) is 0 Å². The van der Waals surface area contributed by atoms with Gasteiger partial charge in [-0.2, -0.15) is 5.10 Å². The van der Waals surface area contributed by atoms with Crippen molar-refractivity contribution in [2.24, 2.45) is 5.92 Å². The smallest absolute Gasteiger partial charge is 0.306 e. The van der Waals surface area contributed by atoms with Gasteiger partial charge in [-0.3, -0.25) is 9.59 Å². The monoisotopic (exact) mass is 288 g/mol. The highest BCUT2D eigenvalue weighted by Gasteiger charge is 2.27. The van der Waals surface area contributed by atoms with Gasteiger partial charge in [0.1, 0.15) is 5.69 Å². The lowest BCUT2D eigenvalue weighted by molar-refractivity contribution is -0.142. The van der Waals surface area contributed by atoms with Gasteiger partial charge < -0.3 is 10.4 Å². The summed E-state index contributed by atoms with van der Waals surface area (Å²) in [5.74, 6) is -1.25. The highest BCUT2D eigenvalue weighted by Crippen LogP contribution is 2.24. The number of carbonyl (C=O) groups is 2. The Kier molecular flexibility index (Phi) is 3.55. The number of carboxylic acids is 1. The Morgan fingerprint density at radius 3 is 2.76 bits per heavy atom. The third kappa shape index (κ3) is 2.72. The maximum Gasteiger partial charge on any atom is 0.306 e. The minimum Gasteiger partial charge on any atom is -0.481 e. The summed E-state index contributed by atoms with van der Waals surface area (Å²) in [5, 5.41) is 16.0. The fourth-order valence-electron chi connectivity index (χ4n) is 2.73. The maximum absolute atomic E-state index is 12.3. The average Bonchev–Trinajstić information content (AvgIpc) is 2.92. The Morgan fingerprint density at radius 2 is 2.05 bits per heavy atom. The lowest BCUT2D eigenvalue weighted by Gasteiger charge is -2.26. The van der Waals surface area contributed by atoms with Gasteiger partial charge in [0.15, 0.2) is 5.65 Å². The van der Waals surface area contributed by atoms with Crippen LogP contribution in [-0.4, -0.2) is 37.6 Å². The SMILES string of the molecule is O=C(N[C@H]1CC[C@H](C(=O)O)CC1)c1cnc2cccnn12. The van der Waals surface area contributed by atoms with Gasteiger partial charge >= 0.3 is 5.97 Å². The molecule has 2 heterocycles. The van der Waals surface area contributed by atoms with Crippen LogP contribution in [0.5, 0.6) is 0 Å². The number of rotatable bonds is 3. The highest BCUT2D eigenvalue weighted by atomic mass is 16.4. The molecule has 0 bridgehead atoms. The second-order valence-corrected chi connectivity index (χ2v) is 5.30. The fraction of sp³-hybridized carbons (Fsp3) is 0.429. The molecular formula is C14H16N4O3. The minimum absolute atomic E-state index is 0.0161. The van der Waals surface area contributed by atoms with E-state index < -0.39 is 5.97 Å². The Morgan fingerprint density at radius 1 is 1.29 bits per heavy atom. The van der Waals surface area contributed by atoms with E-state index in [0.717, 1.165) is 0 Å². The number of nitrogens with one attached hydrogen (secondary N) is 1. The second kappa shape index (κ2) is 5.51. The molecule has 0 unspecified atom stereocenters. The number of fused-ring (bicyclic) bond motifs is 1. The summed E-state index contributed by atoms with van der Waals surface area (Å²) in [6.07, 6.45) is 5.68. The van der Waals surface area contributed by atoms with E-state index in [0.29, 0.717) is 37.0 Å². The molecule has 3 rings (SSSR count). The third-order valence-electron chi connectivity index (χ3n) is 3.92. The number of hydrogen-bond acceptors (Lipinski definition) is 4. The van der Waals surface area contributed by atoms with E-state index >= 15 is 0 Å². The molecule has 2 N–H and O–H groups in total. The van der Waals surface area contributed by atoms with Gasteiger partial charge in [0.25, 0.3) is 5.91 Å². The Bertz CT molecular complexity index is 674. The van der Waals surface area contributed by atoms with E-state index in [2.05, 4.69) is 15.4 Å². The van der Waals surface area contributed by atoms with Crippen molar-refractivity contribution < 1.29 is 14.7 Å². The molecule has 110 valence electrons. The summed E-state index contributed by atoms with van der Waals surface area (Å²) in [6.45, 7) is 0. The first-order valence-electron chi connectivity index (χ1n) is 6.97. The maximum atomic E-state index is 12.3. The predicted octanol–water partition coefficient (Wildman–Crippen LogP) is 1.10. The molecule has 7 heteroatoms. The highest BCUT2D eigenvalue weighted by molar-refractivity contribution is 5.93. The number of carbonyl (C=O) groups excluding carboxylic acids is 1. The van der Waals surface area contributed by atoms with Gasteiger partial charge in [0.05, 0.1) is 12.1 Å². The van der Waals surface area contributed by atoms with Crippen molar-refractivity contribution >= 4 is 17.5 Å². The summed E-state index contributed by atoms with van der Waals surface area (Å²) in [7, 11) is 0. The summed E-state index contributed by atoms with van der Waals surface area (Å²) < 4.78 is 1.50. The first kappa shape index (κ1) is 13.5. The number of amides is 1. The van der Waals surface area contributed by atoms with Gasteiger partial charge in [-0.05, 0) is 37.8 Å². The van der Waals surface area contributed by atoms with Crippen LogP contribution in [0, 0.1) is 5.92 Å². The minimum atomic E-state index is -0.745. The van der Waals surface area contributed by atoms with Crippen LogP contribution < -0.4 is 5.32 Å². The van der Waals surface area contributed by atoms with Gasteiger partial charge in [-0.25, -0.2) is 9.50 Å². The Labute approximate surface area is 121 Å². The molecule has 0 radical (unpaired) electrons. The molecule has 1 saturated carbocycles. The molecule has 0 aromatic carbocycles. The van der Waals surface area contributed by atoms with Crippen LogP contribution >= 0.6 is 0 Å². The predicted molar refractivity (Wildman–Crippen MR) is 73.8 cm³/mol. The lowest BCUT2D eigenvalue weighted by Crippen LogP contribution is -2.39. The second-order valence-electron chi connectivity index (χ2n) is 5.30. The topological polar surface area (TPSA) is 96.6 Å². The third-order valence-corrected chi connectivity index (χ3v) is 3.92. The molecule has 1 aliphatic carbocycles. The van der Waals surface area contributed by atoms with E-state index in [1.54, 1.807) is 18.3 Å². The van der Waals surface area contributed by atoms with Crippen LogP contribution in [0.2, 0.25) is 0 Å². The zero-order chi connectivity index (χ0) is 14.8. The fourth-order valence-corrected chi connectivity index (χ4v) is 2.73. The number of hydrogen-bond donors (Lipinski definition) is 2. The Balaban J connectivity index is 1.66. The molecule has 0 saturated heterocycles. The van der Waals surface area contributed by atoms with Crippen molar-refractivity contribution in [2.45, 2.75) is 31.7 Å². The first-order valence-corrected chi connectivity index (χ1v) is 6.97. The molecule has 0 aliphatic heterocycles. The average molecular weight is 288 g/mol. The first-order chi connectivity index (χ1) is 10.1. The van der Waals surface area contributed by atoms with Crippen LogP contribution in [-0.2, 0) is 4.79 Å². The van der Waals surface area contributed by atoms with Crippen LogP contribution in [0.1, 0.15) is 36.2 Å². The molecular weight excluding hydrogens is 272 g/mol. The van der Waals surface area contributed by atoms with Crippen molar-refractivity contribution in [2.75, 3.05) is 0 Å². The van der Waals surface area contributed by atoms with Crippen molar-refractivity contribution in [1.82, 2.24) is 19.9 Å². The summed E-state index contributed by atoms with van der Waals surface area (Å²) in [4.78, 5) is 27.3. The summed E-state index contributed by atoms with van der Waals surface area (Å²) in [6, 6.07) is 3.56. The number of carboxylic acid groups (broad SMARTS) is 1. The van der Waals surface area contributed by atoms with Crippen molar-refractivity contribution in [3.05, 3.63) is 30.2 Å². The van der Waals surface area contributed by atoms with Gasteiger partial charge in [0, 0.05) is 12.2 Å². The molecule has 21 heavy (non-hydrogen) atoms. The number of aromatic nitrogens is 3. The molecule has 1 fully saturated rings. The van der Waals surface area contributed by atoms with E-state index in [9.17, 15) is 9.59 Å². The van der Waals surface area contributed by atoms with E-state index in [1.165, 1.54) is 10.7 Å². The van der Waals surface area contributed by atoms with E-state index in [4.69, 9.17) is 5.11 Å². The number of aliphatic carboxylic acids is 1. The quantitative estimate of drug-likeness (QED) is 0.881. The number of nitrogens with zero attached hydrogens (tertiary/aromatic N) is 3. The largest absolute Gasteiger partial charge is 0.481 e. The van der Waals surface area contributed by atoms with Crippen LogP contribution in [0.25, 0.3) is 5.65 Å². The standard InChI is InChI=1S/C14H16N4O3/c19-13(11-8-15-12-2-1-7-16-18(11)12)17-10-5-3-9(4-6-10)14(20)21/h1-2,7-10H,3-6H2,(H,17,19)(H,20,21)/t9-,10-. The molecule has 1 amide bonds. The zero-order valence-electron chi connectivity index (χ0n) is 11.4. The van der Waals surface area contributed by atoms with E-state index in [-0.39, 0.29) is 17.9 Å². The van der Waals surface area contributed by atoms with Crippen LogP contribution in [0.15, 0.2) is 24.5 Å². The van der Waals surface area contributed by atoms with Crippen LogP contribution in [0.3, 0.4) is 0 Å². The van der Waals surface area contributed by atoms with Gasteiger partial charge in [-0.1, -0.05) is 0 Å². The molecule has 0 spiro atoms. The molecule has 0 atom stereocenters. The molecule has 2 aromatic rings. The van der Waals surface area contributed by atoms with Crippen molar-refractivity contribution in [1.29, 1.82) is 0 Å². The lowest BCUT2D eigenvalue weighted by atomic mass is 9.86. The summed E-state index contributed by atoms with van der Waals surface area (Å²) >= 11 is 0. The summed E-state index contributed by atoms with van der Waals surface area (Å²) in [5.41, 5.74) is 1.02. The Hall–Kier alpha value is -2.44. The normalized spacial score (nSPS) is 22.1.